The van der Waals surface area contributed by atoms with Crippen LogP contribution in [-0.2, 0) is 22.5 Å². The van der Waals surface area contributed by atoms with Gasteiger partial charge in [0.25, 0.3) is 0 Å². The fourth-order valence-electron chi connectivity index (χ4n) is 5.76. The molecule has 0 saturated carbocycles. The highest BCUT2D eigenvalue weighted by molar-refractivity contribution is 7.97. The summed E-state index contributed by atoms with van der Waals surface area (Å²) in [5.74, 6) is 1.08. The number of ketones is 1. The predicted octanol–water partition coefficient (Wildman–Crippen LogP) is 8.06. The van der Waals surface area contributed by atoms with Crippen LogP contribution in [0.5, 0.6) is 0 Å². The van der Waals surface area contributed by atoms with Gasteiger partial charge in [0.1, 0.15) is 5.82 Å². The van der Waals surface area contributed by atoms with Gasteiger partial charge in [-0.3, -0.25) is 9.69 Å². The predicted molar refractivity (Wildman–Crippen MR) is 157 cm³/mol. The van der Waals surface area contributed by atoms with Gasteiger partial charge in [-0.2, -0.15) is 30.2 Å². The fraction of sp³-hybridized carbons (Fsp3) is 0.273. The number of carbonyl (C=O) groups excluding carboxylic acids is 1. The molecule has 0 spiro atoms. The quantitative estimate of drug-likeness (QED) is 0.323. The van der Waals surface area contributed by atoms with E-state index in [2.05, 4.69) is 24.3 Å². The lowest BCUT2D eigenvalue weighted by atomic mass is 9.73. The average Bonchev–Trinajstić information content (AvgIpc) is 2.94. The molecule has 210 valence electrons. The largest absolute Gasteiger partial charge is 0.416 e. The van der Waals surface area contributed by atoms with Gasteiger partial charge in [-0.15, -0.1) is 0 Å². The molecule has 0 amide bonds. The van der Waals surface area contributed by atoms with Crippen molar-refractivity contribution in [2.45, 2.75) is 56.7 Å². The van der Waals surface area contributed by atoms with Gasteiger partial charge < -0.3 is 5.73 Å². The van der Waals surface area contributed by atoms with Gasteiger partial charge in [0, 0.05) is 34.9 Å². The monoisotopic (exact) mass is 573 g/mol. The number of allylic oxidation sites excluding steroid dienone is 3. The minimum atomic E-state index is -4.48. The number of hydrogen-bond donors (Lipinski definition) is 1. The van der Waals surface area contributed by atoms with Crippen LogP contribution in [-0.4, -0.2) is 5.78 Å². The van der Waals surface area contributed by atoms with Crippen molar-refractivity contribution in [3.05, 3.63) is 123 Å². The van der Waals surface area contributed by atoms with Gasteiger partial charge in [0.05, 0.1) is 23.1 Å². The highest BCUT2D eigenvalue weighted by atomic mass is 32.2. The number of nitrogens with two attached hydrogens (primary N) is 1. The Hall–Kier alpha value is -3.96. The lowest BCUT2D eigenvalue weighted by Crippen LogP contribution is -2.39. The summed E-state index contributed by atoms with van der Waals surface area (Å²) in [6.45, 7) is 4.02. The second kappa shape index (κ2) is 11.5. The third kappa shape index (κ3) is 5.64. The molecule has 0 bridgehead atoms. The Kier molecular flexibility index (Phi) is 8.01. The summed E-state index contributed by atoms with van der Waals surface area (Å²) in [4.78, 5) is 15.1. The number of Topliss-reactive ketones (excluding diaryl/α,β-unsaturated/α-hetero) is 1. The molecule has 5 rings (SSSR count). The van der Waals surface area contributed by atoms with E-state index >= 15 is 0 Å². The summed E-state index contributed by atoms with van der Waals surface area (Å²) in [6.07, 6.45) is -3.00. The second-order valence-corrected chi connectivity index (χ2v) is 11.5. The smallest absolute Gasteiger partial charge is 0.384 e. The molecule has 0 aromatic heterocycles. The standard InChI is InChI=1S/C33H30F3N3OS/c1-20-15-23(19-41-18-22-7-4-3-5-8-22)21(2)26(16-20)30-27(17-37)32(38)39(28-9-6-10-29(40)31(28)30)25-13-11-24(12-14-25)33(34,35)36/h3-5,7-8,11-16,30H,6,9-10,18-19,38H2,1-2H3. The lowest BCUT2D eigenvalue weighted by molar-refractivity contribution is -0.137. The first-order valence-corrected chi connectivity index (χ1v) is 14.6. The van der Waals surface area contributed by atoms with E-state index in [1.165, 1.54) is 17.7 Å². The van der Waals surface area contributed by atoms with Crippen LogP contribution in [0.25, 0.3) is 0 Å². The maximum atomic E-state index is 13.5. The number of anilines is 1. The van der Waals surface area contributed by atoms with Crippen LogP contribution in [0, 0.1) is 25.2 Å². The number of hydrogen-bond acceptors (Lipinski definition) is 5. The molecule has 0 fully saturated rings. The van der Waals surface area contributed by atoms with E-state index in [1.54, 1.807) is 16.7 Å². The molecule has 1 aliphatic heterocycles. The van der Waals surface area contributed by atoms with Crippen LogP contribution in [0.4, 0.5) is 18.9 Å². The third-order valence-electron chi connectivity index (χ3n) is 7.75. The Bertz CT molecular complexity index is 1580. The minimum absolute atomic E-state index is 0.0608. The first-order valence-electron chi connectivity index (χ1n) is 13.4. The van der Waals surface area contributed by atoms with E-state index in [-0.39, 0.29) is 17.2 Å². The van der Waals surface area contributed by atoms with Crippen molar-refractivity contribution >= 4 is 23.2 Å². The van der Waals surface area contributed by atoms with Crippen LogP contribution in [0.15, 0.2) is 89.4 Å². The van der Waals surface area contributed by atoms with E-state index in [0.717, 1.165) is 45.9 Å². The fourth-order valence-corrected chi connectivity index (χ4v) is 6.81. The number of nitriles is 1. The van der Waals surface area contributed by atoms with E-state index in [9.17, 15) is 23.2 Å². The Labute approximate surface area is 242 Å². The number of nitrogens with zero attached hydrogens (tertiary/aromatic N) is 2. The SMILES string of the molecule is Cc1cc(CSCc2ccccc2)c(C)c(C2C(C#N)=C(N)N(c3ccc(C(F)(F)F)cc3)C3=C2C(=O)CCC3)c1. The number of benzene rings is 3. The van der Waals surface area contributed by atoms with Gasteiger partial charge in [0.15, 0.2) is 5.78 Å². The van der Waals surface area contributed by atoms with Gasteiger partial charge in [-0.1, -0.05) is 48.0 Å². The molecule has 1 unspecified atom stereocenters. The number of halogens is 3. The molecule has 0 saturated heterocycles. The van der Waals surface area contributed by atoms with E-state index in [1.807, 2.05) is 38.1 Å². The first kappa shape index (κ1) is 28.6. The maximum Gasteiger partial charge on any atom is 0.416 e. The van der Waals surface area contributed by atoms with Crippen LogP contribution >= 0.6 is 11.8 Å². The van der Waals surface area contributed by atoms with E-state index in [4.69, 9.17) is 5.73 Å². The summed E-state index contributed by atoms with van der Waals surface area (Å²) in [5, 5.41) is 10.4. The summed E-state index contributed by atoms with van der Waals surface area (Å²) >= 11 is 1.80. The molecule has 0 radical (unpaired) electrons. The molecular formula is C33H30F3N3OS. The lowest BCUT2D eigenvalue weighted by Gasteiger charge is -2.40. The zero-order chi connectivity index (χ0) is 29.3. The van der Waals surface area contributed by atoms with Crippen molar-refractivity contribution in [3.8, 4) is 6.07 Å². The Balaban J connectivity index is 1.58. The molecule has 3 aromatic rings. The van der Waals surface area contributed by atoms with Gasteiger partial charge in [-0.25, -0.2) is 0 Å². The van der Waals surface area contributed by atoms with Crippen molar-refractivity contribution in [2.75, 3.05) is 4.90 Å². The number of thioether (sulfide) groups is 1. The van der Waals surface area contributed by atoms with E-state index < -0.39 is 17.7 Å². The van der Waals surface area contributed by atoms with Crippen molar-refractivity contribution in [2.24, 2.45) is 5.73 Å². The van der Waals surface area contributed by atoms with Crippen LogP contribution in [0.3, 0.4) is 0 Å². The number of rotatable bonds is 6. The van der Waals surface area contributed by atoms with Gasteiger partial charge in [0.2, 0.25) is 0 Å². The second-order valence-electron chi connectivity index (χ2n) is 10.5. The highest BCUT2D eigenvalue weighted by Crippen LogP contribution is 2.48. The number of alkyl halides is 3. The zero-order valence-electron chi connectivity index (χ0n) is 22.9. The first-order chi connectivity index (χ1) is 19.6. The van der Waals surface area contributed by atoms with Gasteiger partial charge >= 0.3 is 6.18 Å². The Morgan fingerprint density at radius 3 is 2.39 bits per heavy atom. The topological polar surface area (TPSA) is 70.1 Å². The minimum Gasteiger partial charge on any atom is -0.384 e. The van der Waals surface area contributed by atoms with Crippen molar-refractivity contribution in [3.63, 3.8) is 0 Å². The summed E-state index contributed by atoms with van der Waals surface area (Å²) in [6, 6.07) is 21.3. The normalized spacial score (nSPS) is 17.5. The molecule has 4 nitrogen and oxygen atoms in total. The van der Waals surface area contributed by atoms with Crippen molar-refractivity contribution in [1.29, 1.82) is 5.26 Å². The van der Waals surface area contributed by atoms with Crippen molar-refractivity contribution in [1.82, 2.24) is 0 Å². The Morgan fingerprint density at radius 2 is 1.73 bits per heavy atom. The molecule has 1 heterocycles. The van der Waals surface area contributed by atoms with Crippen molar-refractivity contribution < 1.29 is 18.0 Å². The number of aryl methyl sites for hydroxylation is 1. The molecule has 2 N–H and O–H groups in total. The molecule has 2 aliphatic rings. The van der Waals surface area contributed by atoms with E-state index in [0.29, 0.717) is 36.2 Å². The van der Waals surface area contributed by atoms with Gasteiger partial charge in [-0.05, 0) is 73.2 Å². The maximum absolute atomic E-state index is 13.5. The third-order valence-corrected chi connectivity index (χ3v) is 8.80. The summed E-state index contributed by atoms with van der Waals surface area (Å²) < 4.78 is 39.7. The van der Waals surface area contributed by atoms with Crippen LogP contribution < -0.4 is 10.6 Å². The van der Waals surface area contributed by atoms with Crippen LogP contribution in [0.2, 0.25) is 0 Å². The molecule has 3 aromatic carbocycles. The summed E-state index contributed by atoms with van der Waals surface area (Å²) in [5.41, 5.74) is 12.9. The number of carbonyl (C=O) groups is 1. The Morgan fingerprint density at radius 1 is 1.02 bits per heavy atom. The highest BCUT2D eigenvalue weighted by Gasteiger charge is 2.41. The molecule has 8 heteroatoms. The zero-order valence-corrected chi connectivity index (χ0v) is 23.7. The summed E-state index contributed by atoms with van der Waals surface area (Å²) in [7, 11) is 0. The molecule has 1 atom stereocenters. The van der Waals surface area contributed by atoms with Crippen LogP contribution in [0.1, 0.15) is 58.6 Å². The molecule has 41 heavy (non-hydrogen) atoms. The molecule has 1 aliphatic carbocycles. The molecular weight excluding hydrogens is 543 g/mol. The average molecular weight is 574 g/mol.